The van der Waals surface area contributed by atoms with Crippen LogP contribution in [0.25, 0.3) is 11.2 Å². The van der Waals surface area contributed by atoms with Crippen LogP contribution in [0.1, 0.15) is 39.0 Å². The maximum atomic E-state index is 5.72. The van der Waals surface area contributed by atoms with Gasteiger partial charge < -0.3 is 9.47 Å². The molecule has 0 bridgehead atoms. The average Bonchev–Trinajstić information content (AvgIpc) is 2.89. The molecule has 2 aromatic heterocycles. The van der Waals surface area contributed by atoms with Gasteiger partial charge in [0.25, 0.3) is 6.01 Å². The Morgan fingerprint density at radius 3 is 2.77 bits per heavy atom. The van der Waals surface area contributed by atoms with E-state index in [1.807, 2.05) is 4.57 Å². The van der Waals surface area contributed by atoms with Crippen LogP contribution >= 0.6 is 11.6 Å². The van der Waals surface area contributed by atoms with Crippen LogP contribution in [0.3, 0.4) is 0 Å². The quantitative estimate of drug-likeness (QED) is 0.494. The predicted molar refractivity (Wildman–Crippen MR) is 86.8 cm³/mol. The summed E-state index contributed by atoms with van der Waals surface area (Å²) in [4.78, 5) is 13.1. The van der Waals surface area contributed by atoms with Gasteiger partial charge in [-0.25, -0.2) is 4.98 Å². The van der Waals surface area contributed by atoms with E-state index < -0.39 is 0 Å². The van der Waals surface area contributed by atoms with E-state index in [4.69, 9.17) is 21.1 Å². The first-order chi connectivity index (χ1) is 10.8. The first-order valence-corrected chi connectivity index (χ1v) is 8.29. The Kier molecular flexibility index (Phi) is 6.71. The lowest BCUT2D eigenvalue weighted by molar-refractivity contribution is 0.286. The SMILES string of the molecule is CCCCOc1ncc2nc(OC)n(CCCCCCl)c2n1. The summed E-state index contributed by atoms with van der Waals surface area (Å²) in [6.07, 6.45) is 6.83. The minimum Gasteiger partial charge on any atom is -0.468 e. The minimum absolute atomic E-state index is 0.394. The molecule has 0 aliphatic carbocycles. The van der Waals surface area contributed by atoms with Gasteiger partial charge in [-0.05, 0) is 19.3 Å². The third-order valence-electron chi connectivity index (χ3n) is 3.36. The number of imidazole rings is 1. The van der Waals surface area contributed by atoms with E-state index in [1.54, 1.807) is 13.3 Å². The molecule has 0 fully saturated rings. The Bertz CT molecular complexity index is 588. The van der Waals surface area contributed by atoms with Crippen LogP contribution in [-0.4, -0.2) is 39.1 Å². The van der Waals surface area contributed by atoms with E-state index in [9.17, 15) is 0 Å². The van der Waals surface area contributed by atoms with Gasteiger partial charge in [-0.15, -0.1) is 11.6 Å². The van der Waals surface area contributed by atoms with Gasteiger partial charge in [-0.2, -0.15) is 9.97 Å². The van der Waals surface area contributed by atoms with E-state index in [2.05, 4.69) is 21.9 Å². The summed E-state index contributed by atoms with van der Waals surface area (Å²) in [5, 5.41) is 0. The summed E-state index contributed by atoms with van der Waals surface area (Å²) >= 11 is 5.72. The second-order valence-corrected chi connectivity index (χ2v) is 5.44. The number of hydrogen-bond acceptors (Lipinski definition) is 5. The molecule has 0 saturated heterocycles. The molecule has 0 aromatic carbocycles. The van der Waals surface area contributed by atoms with Crippen LogP contribution in [0.4, 0.5) is 0 Å². The van der Waals surface area contributed by atoms with Crippen LogP contribution < -0.4 is 9.47 Å². The topological polar surface area (TPSA) is 62.1 Å². The van der Waals surface area contributed by atoms with Crippen molar-refractivity contribution in [1.82, 2.24) is 19.5 Å². The molecule has 0 radical (unpaired) electrons. The standard InChI is InChI=1S/C15H23ClN4O2/c1-3-4-10-22-14-17-11-12-13(19-14)20(15(18-12)21-2)9-7-5-6-8-16/h11H,3-10H2,1-2H3. The molecule has 0 N–H and O–H groups in total. The molecule has 2 rings (SSSR count). The van der Waals surface area contributed by atoms with Crippen molar-refractivity contribution in [3.63, 3.8) is 0 Å². The van der Waals surface area contributed by atoms with Gasteiger partial charge in [0.2, 0.25) is 0 Å². The van der Waals surface area contributed by atoms with E-state index in [-0.39, 0.29) is 0 Å². The Hall–Kier alpha value is -1.56. The molecule has 0 saturated carbocycles. The Labute approximate surface area is 135 Å². The van der Waals surface area contributed by atoms with Crippen LogP contribution in [0.2, 0.25) is 0 Å². The number of unbranched alkanes of at least 4 members (excludes halogenated alkanes) is 3. The molecular formula is C15H23ClN4O2. The zero-order valence-electron chi connectivity index (χ0n) is 13.2. The number of aromatic nitrogens is 4. The van der Waals surface area contributed by atoms with E-state index in [0.717, 1.165) is 49.8 Å². The Morgan fingerprint density at radius 2 is 2.05 bits per heavy atom. The highest BCUT2D eigenvalue weighted by Gasteiger charge is 2.14. The van der Waals surface area contributed by atoms with Crippen LogP contribution in [0.5, 0.6) is 12.0 Å². The van der Waals surface area contributed by atoms with E-state index in [1.165, 1.54) is 0 Å². The number of rotatable bonds is 10. The number of fused-ring (bicyclic) bond motifs is 1. The second kappa shape index (κ2) is 8.78. The maximum Gasteiger partial charge on any atom is 0.318 e. The van der Waals surface area contributed by atoms with Crippen LogP contribution in [0, 0.1) is 0 Å². The van der Waals surface area contributed by atoms with Crippen molar-refractivity contribution in [3.05, 3.63) is 6.20 Å². The van der Waals surface area contributed by atoms with Gasteiger partial charge in [-0.3, -0.25) is 4.57 Å². The third kappa shape index (κ3) is 4.22. The molecule has 0 aliphatic heterocycles. The number of nitrogens with zero attached hydrogens (tertiary/aromatic N) is 4. The predicted octanol–water partition coefficient (Wildman–Crippen LogP) is 3.42. The molecule has 0 amide bonds. The first-order valence-electron chi connectivity index (χ1n) is 7.76. The highest BCUT2D eigenvalue weighted by atomic mass is 35.5. The van der Waals surface area contributed by atoms with E-state index in [0.29, 0.717) is 24.5 Å². The summed E-state index contributed by atoms with van der Waals surface area (Å²) < 4.78 is 12.9. The molecule has 122 valence electrons. The lowest BCUT2D eigenvalue weighted by Crippen LogP contribution is -2.05. The fraction of sp³-hybridized carbons (Fsp3) is 0.667. The minimum atomic E-state index is 0.394. The van der Waals surface area contributed by atoms with Gasteiger partial charge in [0.1, 0.15) is 5.52 Å². The molecule has 22 heavy (non-hydrogen) atoms. The first kappa shape index (κ1) is 16.8. The molecule has 7 heteroatoms. The summed E-state index contributed by atoms with van der Waals surface area (Å²) in [5.41, 5.74) is 1.47. The van der Waals surface area contributed by atoms with Crippen molar-refractivity contribution < 1.29 is 9.47 Å². The average molecular weight is 327 g/mol. The highest BCUT2D eigenvalue weighted by Crippen LogP contribution is 2.21. The van der Waals surface area contributed by atoms with E-state index >= 15 is 0 Å². The monoisotopic (exact) mass is 326 g/mol. The molecule has 2 aromatic rings. The largest absolute Gasteiger partial charge is 0.468 e. The van der Waals surface area contributed by atoms with Gasteiger partial charge in [0.15, 0.2) is 5.65 Å². The lowest BCUT2D eigenvalue weighted by Gasteiger charge is -2.07. The van der Waals surface area contributed by atoms with Crippen molar-refractivity contribution in [2.45, 2.75) is 45.6 Å². The zero-order chi connectivity index (χ0) is 15.8. The number of ether oxygens (including phenoxy) is 2. The smallest absolute Gasteiger partial charge is 0.318 e. The van der Waals surface area contributed by atoms with Gasteiger partial charge in [-0.1, -0.05) is 19.8 Å². The van der Waals surface area contributed by atoms with Gasteiger partial charge in [0.05, 0.1) is 19.9 Å². The number of methoxy groups -OCH3 is 1. The maximum absolute atomic E-state index is 5.72. The molecular weight excluding hydrogens is 304 g/mol. The van der Waals surface area contributed by atoms with Crippen molar-refractivity contribution in [1.29, 1.82) is 0 Å². The normalized spacial score (nSPS) is 11.0. The second-order valence-electron chi connectivity index (χ2n) is 5.06. The van der Waals surface area contributed by atoms with Crippen molar-refractivity contribution in [3.8, 4) is 12.0 Å². The Balaban J connectivity index is 2.16. The summed E-state index contributed by atoms with van der Waals surface area (Å²) in [6, 6.07) is 0.950. The summed E-state index contributed by atoms with van der Waals surface area (Å²) in [7, 11) is 1.61. The molecule has 0 spiro atoms. The van der Waals surface area contributed by atoms with Gasteiger partial charge in [0, 0.05) is 12.4 Å². The zero-order valence-corrected chi connectivity index (χ0v) is 14.0. The fourth-order valence-corrected chi connectivity index (χ4v) is 2.35. The molecule has 6 nitrogen and oxygen atoms in total. The number of hydrogen-bond donors (Lipinski definition) is 0. The Morgan fingerprint density at radius 1 is 1.18 bits per heavy atom. The lowest BCUT2D eigenvalue weighted by atomic mass is 10.2. The highest BCUT2D eigenvalue weighted by molar-refractivity contribution is 6.17. The van der Waals surface area contributed by atoms with Crippen molar-refractivity contribution in [2.75, 3.05) is 19.6 Å². The molecule has 0 unspecified atom stereocenters. The molecule has 0 atom stereocenters. The van der Waals surface area contributed by atoms with Crippen LogP contribution in [0.15, 0.2) is 6.20 Å². The fourth-order valence-electron chi connectivity index (χ4n) is 2.16. The molecule has 2 heterocycles. The summed E-state index contributed by atoms with van der Waals surface area (Å²) in [6.45, 7) is 3.54. The molecule has 0 aliphatic rings. The summed E-state index contributed by atoms with van der Waals surface area (Å²) in [5.74, 6) is 0.694. The number of halogens is 1. The number of aryl methyl sites for hydroxylation is 1. The van der Waals surface area contributed by atoms with Crippen LogP contribution in [-0.2, 0) is 6.54 Å². The van der Waals surface area contributed by atoms with Crippen molar-refractivity contribution >= 4 is 22.8 Å². The number of alkyl halides is 1. The van der Waals surface area contributed by atoms with Gasteiger partial charge >= 0.3 is 6.01 Å². The third-order valence-corrected chi connectivity index (χ3v) is 3.62. The van der Waals surface area contributed by atoms with Crippen molar-refractivity contribution in [2.24, 2.45) is 0 Å².